The van der Waals surface area contributed by atoms with Crippen LogP contribution < -0.4 is 10.1 Å². The van der Waals surface area contributed by atoms with E-state index in [1.807, 2.05) is 36.4 Å². The summed E-state index contributed by atoms with van der Waals surface area (Å²) >= 11 is 6.13. The van der Waals surface area contributed by atoms with Gasteiger partial charge in [-0.2, -0.15) is 0 Å². The van der Waals surface area contributed by atoms with Crippen LogP contribution in [0.4, 0.5) is 0 Å². The van der Waals surface area contributed by atoms with Gasteiger partial charge in [0.25, 0.3) is 0 Å². The third-order valence-electron chi connectivity index (χ3n) is 3.66. The summed E-state index contributed by atoms with van der Waals surface area (Å²) in [5.41, 5.74) is 2.19. The minimum atomic E-state index is 0. The monoisotopic (exact) mass is 323 g/mol. The Hall–Kier alpha value is -1.22. The highest BCUT2D eigenvalue weighted by molar-refractivity contribution is 6.31. The van der Waals surface area contributed by atoms with E-state index in [0.29, 0.717) is 5.92 Å². The lowest BCUT2D eigenvalue weighted by Gasteiger charge is -2.15. The van der Waals surface area contributed by atoms with Crippen LogP contribution in [0.2, 0.25) is 5.02 Å². The Morgan fingerprint density at radius 3 is 2.67 bits per heavy atom. The SMILES string of the molecule is Cl.Clc1ccc(OCC2CCNC2)c(-c2ccccc2)c1. The minimum Gasteiger partial charge on any atom is -0.493 e. The second-order valence-corrected chi connectivity index (χ2v) is 5.61. The summed E-state index contributed by atoms with van der Waals surface area (Å²) in [6.07, 6.45) is 1.19. The van der Waals surface area contributed by atoms with Gasteiger partial charge < -0.3 is 10.1 Å². The van der Waals surface area contributed by atoms with Gasteiger partial charge in [0.05, 0.1) is 6.61 Å². The average Bonchev–Trinajstić information content (AvgIpc) is 3.00. The predicted molar refractivity (Wildman–Crippen MR) is 90.6 cm³/mol. The smallest absolute Gasteiger partial charge is 0.127 e. The van der Waals surface area contributed by atoms with Gasteiger partial charge in [0.1, 0.15) is 5.75 Å². The van der Waals surface area contributed by atoms with Crippen molar-refractivity contribution in [3.63, 3.8) is 0 Å². The molecule has 1 fully saturated rings. The van der Waals surface area contributed by atoms with Gasteiger partial charge in [0.15, 0.2) is 0 Å². The van der Waals surface area contributed by atoms with E-state index in [1.165, 1.54) is 6.42 Å². The Morgan fingerprint density at radius 1 is 1.14 bits per heavy atom. The largest absolute Gasteiger partial charge is 0.493 e. The maximum atomic E-state index is 6.13. The van der Waals surface area contributed by atoms with Crippen LogP contribution >= 0.6 is 24.0 Å². The van der Waals surface area contributed by atoms with E-state index in [-0.39, 0.29) is 12.4 Å². The van der Waals surface area contributed by atoms with Crippen molar-refractivity contribution in [2.24, 2.45) is 5.92 Å². The number of benzene rings is 2. The van der Waals surface area contributed by atoms with E-state index < -0.39 is 0 Å². The van der Waals surface area contributed by atoms with Crippen molar-refractivity contribution in [1.82, 2.24) is 5.32 Å². The minimum absolute atomic E-state index is 0. The van der Waals surface area contributed by atoms with Crippen molar-refractivity contribution >= 4 is 24.0 Å². The summed E-state index contributed by atoms with van der Waals surface area (Å²) in [6.45, 7) is 2.91. The lowest BCUT2D eigenvalue weighted by Crippen LogP contribution is -2.15. The molecular weight excluding hydrogens is 305 g/mol. The van der Waals surface area contributed by atoms with Crippen LogP contribution in [0.25, 0.3) is 11.1 Å². The Balaban J connectivity index is 0.00000161. The van der Waals surface area contributed by atoms with E-state index in [2.05, 4.69) is 17.4 Å². The molecule has 1 N–H and O–H groups in total. The van der Waals surface area contributed by atoms with Gasteiger partial charge in [-0.15, -0.1) is 12.4 Å². The van der Waals surface area contributed by atoms with Crippen LogP contribution in [-0.2, 0) is 0 Å². The highest BCUT2D eigenvalue weighted by Crippen LogP contribution is 2.33. The molecule has 1 aliphatic rings. The van der Waals surface area contributed by atoms with Crippen molar-refractivity contribution in [3.8, 4) is 16.9 Å². The second-order valence-electron chi connectivity index (χ2n) is 5.18. The molecule has 0 saturated carbocycles. The highest BCUT2D eigenvalue weighted by Gasteiger charge is 2.16. The fourth-order valence-corrected chi connectivity index (χ4v) is 2.71. The number of ether oxygens (including phenoxy) is 1. The second kappa shape index (κ2) is 7.69. The summed E-state index contributed by atoms with van der Waals surface area (Å²) in [6, 6.07) is 16.0. The first-order valence-electron chi connectivity index (χ1n) is 7.01. The zero-order valence-corrected chi connectivity index (χ0v) is 13.3. The molecule has 0 aromatic heterocycles. The molecule has 0 radical (unpaired) electrons. The fraction of sp³-hybridized carbons (Fsp3) is 0.294. The Bertz CT molecular complexity index is 568. The molecule has 0 amide bonds. The van der Waals surface area contributed by atoms with Gasteiger partial charge in [-0.25, -0.2) is 0 Å². The van der Waals surface area contributed by atoms with Crippen molar-refractivity contribution in [3.05, 3.63) is 53.6 Å². The number of hydrogen-bond donors (Lipinski definition) is 1. The fourth-order valence-electron chi connectivity index (χ4n) is 2.54. The van der Waals surface area contributed by atoms with Crippen molar-refractivity contribution in [2.45, 2.75) is 6.42 Å². The summed E-state index contributed by atoms with van der Waals surface area (Å²) in [5, 5.41) is 4.10. The molecule has 21 heavy (non-hydrogen) atoms. The van der Waals surface area contributed by atoms with Crippen LogP contribution in [0.5, 0.6) is 5.75 Å². The Kier molecular flexibility index (Phi) is 5.92. The molecule has 3 rings (SSSR count). The molecule has 112 valence electrons. The van der Waals surface area contributed by atoms with Crippen LogP contribution in [0.15, 0.2) is 48.5 Å². The maximum Gasteiger partial charge on any atom is 0.127 e. The van der Waals surface area contributed by atoms with Gasteiger partial charge in [0.2, 0.25) is 0 Å². The van der Waals surface area contributed by atoms with Crippen molar-refractivity contribution < 1.29 is 4.74 Å². The molecule has 2 aromatic carbocycles. The molecule has 4 heteroatoms. The molecule has 1 heterocycles. The normalized spacial score (nSPS) is 17.3. The van der Waals surface area contributed by atoms with E-state index in [1.54, 1.807) is 0 Å². The molecule has 1 saturated heterocycles. The van der Waals surface area contributed by atoms with Gasteiger partial charge in [-0.1, -0.05) is 41.9 Å². The van der Waals surface area contributed by atoms with Crippen LogP contribution in [0.3, 0.4) is 0 Å². The van der Waals surface area contributed by atoms with E-state index >= 15 is 0 Å². The molecule has 1 aliphatic heterocycles. The first kappa shape index (κ1) is 16.2. The molecule has 2 aromatic rings. The standard InChI is InChI=1S/C17H18ClNO.ClH/c18-15-6-7-17(20-12-13-8-9-19-11-13)16(10-15)14-4-2-1-3-5-14;/h1-7,10,13,19H,8-9,11-12H2;1H. The van der Waals surface area contributed by atoms with E-state index in [0.717, 1.165) is 41.6 Å². The summed E-state index contributed by atoms with van der Waals surface area (Å²) in [4.78, 5) is 0. The lowest BCUT2D eigenvalue weighted by atomic mass is 10.0. The lowest BCUT2D eigenvalue weighted by molar-refractivity contribution is 0.261. The summed E-state index contributed by atoms with van der Waals surface area (Å²) < 4.78 is 6.03. The average molecular weight is 324 g/mol. The van der Waals surface area contributed by atoms with Gasteiger partial charge in [-0.05, 0) is 36.7 Å². The van der Waals surface area contributed by atoms with Crippen LogP contribution in [0, 0.1) is 5.92 Å². The van der Waals surface area contributed by atoms with Gasteiger partial charge >= 0.3 is 0 Å². The maximum absolute atomic E-state index is 6.13. The Labute approximate surface area is 136 Å². The molecule has 2 nitrogen and oxygen atoms in total. The quantitative estimate of drug-likeness (QED) is 0.899. The third-order valence-corrected chi connectivity index (χ3v) is 3.90. The molecule has 1 atom stereocenters. The Morgan fingerprint density at radius 2 is 1.95 bits per heavy atom. The number of rotatable bonds is 4. The number of nitrogens with one attached hydrogen (secondary N) is 1. The van der Waals surface area contributed by atoms with Crippen LogP contribution in [0.1, 0.15) is 6.42 Å². The van der Waals surface area contributed by atoms with Crippen molar-refractivity contribution in [1.29, 1.82) is 0 Å². The first-order chi connectivity index (χ1) is 9.83. The van der Waals surface area contributed by atoms with Crippen molar-refractivity contribution in [2.75, 3.05) is 19.7 Å². The molecular formula is C17H19Cl2NO. The zero-order valence-electron chi connectivity index (χ0n) is 11.7. The molecule has 0 aliphatic carbocycles. The zero-order chi connectivity index (χ0) is 13.8. The molecule has 1 unspecified atom stereocenters. The molecule has 0 spiro atoms. The van der Waals surface area contributed by atoms with Gasteiger partial charge in [-0.3, -0.25) is 0 Å². The third kappa shape index (κ3) is 4.13. The highest BCUT2D eigenvalue weighted by atomic mass is 35.5. The van der Waals surface area contributed by atoms with Crippen LogP contribution in [-0.4, -0.2) is 19.7 Å². The van der Waals surface area contributed by atoms with Gasteiger partial charge in [0, 0.05) is 23.0 Å². The predicted octanol–water partition coefficient (Wildman–Crippen LogP) is 4.42. The summed E-state index contributed by atoms with van der Waals surface area (Å²) in [7, 11) is 0. The molecule has 0 bridgehead atoms. The number of hydrogen-bond acceptors (Lipinski definition) is 2. The van der Waals surface area contributed by atoms with E-state index in [4.69, 9.17) is 16.3 Å². The topological polar surface area (TPSA) is 21.3 Å². The summed E-state index contributed by atoms with van der Waals surface area (Å²) in [5.74, 6) is 1.52. The first-order valence-corrected chi connectivity index (χ1v) is 7.39. The van der Waals surface area contributed by atoms with E-state index in [9.17, 15) is 0 Å². The number of halogens is 2.